The molecular weight excluding hydrogens is 226 g/mol. The minimum atomic E-state index is -1.31. The zero-order valence-corrected chi connectivity index (χ0v) is 12.1. The van der Waals surface area contributed by atoms with Crippen LogP contribution in [0, 0.1) is 0 Å². The molecule has 0 radical (unpaired) electrons. The molecule has 3 heteroatoms. The first-order chi connectivity index (χ1) is 7.94. The number of hydrogen-bond donors (Lipinski definition) is 0. The van der Waals surface area contributed by atoms with Gasteiger partial charge in [-0.1, -0.05) is 43.5 Å². The number of hydrogen-bond acceptors (Lipinski definition) is 1. The molecule has 0 fully saturated rings. The summed E-state index contributed by atoms with van der Waals surface area (Å²) in [6, 6.07) is 9.79. The van der Waals surface area contributed by atoms with E-state index in [1.54, 1.807) is 11.0 Å². The lowest BCUT2D eigenvalue weighted by atomic mass is 10.3. The largest absolute Gasteiger partial charge is 0.309 e. The Morgan fingerprint density at radius 3 is 2.29 bits per heavy atom. The highest BCUT2D eigenvalue weighted by Gasteiger charge is 2.13. The van der Waals surface area contributed by atoms with E-state index < -0.39 is 8.07 Å². The van der Waals surface area contributed by atoms with Crippen molar-refractivity contribution in [1.29, 1.82) is 0 Å². The fourth-order valence-electron chi connectivity index (χ4n) is 1.48. The predicted molar refractivity (Wildman–Crippen MR) is 77.0 cm³/mol. The smallest absolute Gasteiger partial charge is 0.250 e. The Hall–Kier alpha value is -1.35. The van der Waals surface area contributed by atoms with E-state index in [0.717, 1.165) is 5.69 Å². The van der Waals surface area contributed by atoms with Crippen molar-refractivity contribution >= 4 is 19.7 Å². The second-order valence-corrected chi connectivity index (χ2v) is 10.2. The molecule has 0 aliphatic heterocycles. The molecule has 0 saturated heterocycles. The van der Waals surface area contributed by atoms with Crippen LogP contribution in [0.1, 0.15) is 6.92 Å². The van der Waals surface area contributed by atoms with Crippen LogP contribution in [-0.4, -0.2) is 20.5 Å². The summed E-state index contributed by atoms with van der Waals surface area (Å²) >= 11 is 0. The Morgan fingerprint density at radius 1 is 1.24 bits per heavy atom. The van der Waals surface area contributed by atoms with E-state index in [2.05, 4.69) is 25.3 Å². The molecule has 0 aliphatic carbocycles. The van der Waals surface area contributed by atoms with Crippen molar-refractivity contribution in [2.24, 2.45) is 0 Å². The lowest BCUT2D eigenvalue weighted by Crippen LogP contribution is -2.29. The van der Waals surface area contributed by atoms with Gasteiger partial charge in [0.05, 0.1) is 8.07 Å². The second kappa shape index (κ2) is 5.82. The molecule has 0 atom stereocenters. The topological polar surface area (TPSA) is 20.3 Å². The van der Waals surface area contributed by atoms with Crippen LogP contribution in [0.15, 0.2) is 42.1 Å². The maximum Gasteiger partial charge on any atom is 0.250 e. The summed E-state index contributed by atoms with van der Waals surface area (Å²) in [4.78, 5) is 13.9. The van der Waals surface area contributed by atoms with Crippen molar-refractivity contribution in [3.63, 3.8) is 0 Å². The zero-order chi connectivity index (χ0) is 12.9. The fraction of sp³-hybridized carbons (Fsp3) is 0.357. The number of amides is 1. The summed E-state index contributed by atoms with van der Waals surface area (Å²) in [6.07, 6.45) is 1.72. The molecule has 1 rings (SSSR count). The maximum absolute atomic E-state index is 12.1. The first-order valence-corrected chi connectivity index (χ1v) is 9.57. The number of nitrogens with zero attached hydrogens (tertiary/aromatic N) is 1. The van der Waals surface area contributed by atoms with E-state index in [-0.39, 0.29) is 5.91 Å². The average Bonchev–Trinajstić information content (AvgIpc) is 2.28. The van der Waals surface area contributed by atoms with Gasteiger partial charge in [0.2, 0.25) is 5.91 Å². The Labute approximate surface area is 105 Å². The highest BCUT2D eigenvalue weighted by molar-refractivity contribution is 6.81. The zero-order valence-electron chi connectivity index (χ0n) is 11.1. The summed E-state index contributed by atoms with van der Waals surface area (Å²) in [6.45, 7) is 9.34. The van der Waals surface area contributed by atoms with Gasteiger partial charge < -0.3 is 4.90 Å². The molecule has 17 heavy (non-hydrogen) atoms. The SMILES string of the molecule is CCN(C(=O)/C=C/[Si](C)(C)C)c1ccccc1. The minimum Gasteiger partial charge on any atom is -0.309 e. The van der Waals surface area contributed by atoms with Crippen molar-refractivity contribution in [2.75, 3.05) is 11.4 Å². The van der Waals surface area contributed by atoms with E-state index in [1.165, 1.54) is 0 Å². The van der Waals surface area contributed by atoms with E-state index in [9.17, 15) is 4.79 Å². The Morgan fingerprint density at radius 2 is 1.82 bits per heavy atom. The maximum atomic E-state index is 12.1. The monoisotopic (exact) mass is 247 g/mol. The molecule has 1 aromatic rings. The first-order valence-electron chi connectivity index (χ1n) is 6.00. The van der Waals surface area contributed by atoms with Crippen molar-refractivity contribution in [3.8, 4) is 0 Å². The number of rotatable bonds is 4. The molecule has 0 spiro atoms. The molecule has 0 heterocycles. The normalized spacial score (nSPS) is 11.8. The van der Waals surface area contributed by atoms with Gasteiger partial charge in [0.15, 0.2) is 0 Å². The molecule has 2 nitrogen and oxygen atoms in total. The molecule has 0 saturated carbocycles. The quantitative estimate of drug-likeness (QED) is 0.589. The fourth-order valence-corrected chi connectivity index (χ4v) is 2.13. The Balaban J connectivity index is 2.83. The van der Waals surface area contributed by atoms with Crippen molar-refractivity contribution in [2.45, 2.75) is 26.6 Å². The van der Waals surface area contributed by atoms with Gasteiger partial charge in [0, 0.05) is 12.2 Å². The predicted octanol–water partition coefficient (Wildman–Crippen LogP) is 3.47. The van der Waals surface area contributed by atoms with Crippen molar-refractivity contribution in [3.05, 3.63) is 42.1 Å². The number of carbonyl (C=O) groups is 1. The number of para-hydroxylation sites is 1. The van der Waals surface area contributed by atoms with Gasteiger partial charge >= 0.3 is 0 Å². The third kappa shape index (κ3) is 4.57. The minimum absolute atomic E-state index is 0.0705. The van der Waals surface area contributed by atoms with Crippen molar-refractivity contribution in [1.82, 2.24) is 0 Å². The lowest BCUT2D eigenvalue weighted by molar-refractivity contribution is -0.114. The second-order valence-electron chi connectivity index (χ2n) is 5.12. The third-order valence-corrected chi connectivity index (χ3v) is 3.54. The van der Waals surface area contributed by atoms with Gasteiger partial charge in [-0.25, -0.2) is 0 Å². The highest BCUT2D eigenvalue weighted by Crippen LogP contribution is 2.13. The molecule has 0 N–H and O–H groups in total. The van der Waals surface area contributed by atoms with Gasteiger partial charge in [-0.05, 0) is 25.1 Å². The summed E-state index contributed by atoms with van der Waals surface area (Å²) < 4.78 is 0. The Bertz CT molecular complexity index is 392. The van der Waals surface area contributed by atoms with Gasteiger partial charge in [0.25, 0.3) is 0 Å². The van der Waals surface area contributed by atoms with E-state index in [1.807, 2.05) is 37.3 Å². The van der Waals surface area contributed by atoms with Gasteiger partial charge in [0.1, 0.15) is 0 Å². The molecular formula is C14H21NOSi. The molecule has 0 bridgehead atoms. The van der Waals surface area contributed by atoms with Crippen LogP contribution in [0.25, 0.3) is 0 Å². The molecule has 1 aromatic carbocycles. The number of carbonyl (C=O) groups excluding carboxylic acids is 1. The number of likely N-dealkylation sites (N-methyl/N-ethyl adjacent to an activating group) is 1. The van der Waals surface area contributed by atoms with Crippen LogP contribution in [0.3, 0.4) is 0 Å². The van der Waals surface area contributed by atoms with Gasteiger partial charge in [-0.2, -0.15) is 0 Å². The summed E-state index contributed by atoms with van der Waals surface area (Å²) in [5.74, 6) is 0.0705. The van der Waals surface area contributed by atoms with E-state index in [0.29, 0.717) is 6.54 Å². The van der Waals surface area contributed by atoms with Crippen LogP contribution < -0.4 is 4.90 Å². The van der Waals surface area contributed by atoms with Crippen molar-refractivity contribution < 1.29 is 4.79 Å². The molecule has 92 valence electrons. The van der Waals surface area contributed by atoms with Crippen LogP contribution >= 0.6 is 0 Å². The van der Waals surface area contributed by atoms with E-state index >= 15 is 0 Å². The molecule has 0 unspecified atom stereocenters. The lowest BCUT2D eigenvalue weighted by Gasteiger charge is -2.19. The standard InChI is InChI=1S/C14H21NOSi/c1-5-15(13-9-7-6-8-10-13)14(16)11-12-17(2,3)4/h6-12H,5H2,1-4H3/b12-11+. The number of benzene rings is 1. The van der Waals surface area contributed by atoms with E-state index in [4.69, 9.17) is 0 Å². The Kier molecular flexibility index (Phi) is 4.69. The molecule has 0 aliphatic rings. The third-order valence-electron chi connectivity index (χ3n) is 2.38. The van der Waals surface area contributed by atoms with Crippen LogP contribution in [0.2, 0.25) is 19.6 Å². The van der Waals surface area contributed by atoms with Gasteiger partial charge in [-0.15, -0.1) is 0 Å². The van der Waals surface area contributed by atoms with Crippen LogP contribution in [-0.2, 0) is 4.79 Å². The average molecular weight is 247 g/mol. The van der Waals surface area contributed by atoms with Crippen LogP contribution in [0.5, 0.6) is 0 Å². The first kappa shape index (κ1) is 13.7. The summed E-state index contributed by atoms with van der Waals surface area (Å²) in [5, 5.41) is 0. The molecule has 0 aromatic heterocycles. The van der Waals surface area contributed by atoms with Gasteiger partial charge in [-0.3, -0.25) is 4.79 Å². The van der Waals surface area contributed by atoms with Crippen LogP contribution in [0.4, 0.5) is 5.69 Å². The summed E-state index contributed by atoms with van der Waals surface area (Å²) in [5.41, 5.74) is 3.04. The highest BCUT2D eigenvalue weighted by atomic mass is 28.3. The summed E-state index contributed by atoms with van der Waals surface area (Å²) in [7, 11) is -1.31. The molecule has 1 amide bonds. The number of anilines is 1.